The Bertz CT molecular complexity index is 269. The standard InChI is InChI=1S/C9H11ClN2/c10-9-5-8(6-11-12-9)7-3-1-2-4-7/h5-7H,1-4H2. The fraction of sp³-hybridized carbons (Fsp3) is 0.556. The lowest BCUT2D eigenvalue weighted by Gasteiger charge is -2.07. The van der Waals surface area contributed by atoms with Crippen LogP contribution in [0.3, 0.4) is 0 Å². The van der Waals surface area contributed by atoms with Gasteiger partial charge in [0.1, 0.15) is 0 Å². The van der Waals surface area contributed by atoms with Crippen molar-refractivity contribution in [1.29, 1.82) is 0 Å². The normalized spacial score (nSPS) is 18.4. The van der Waals surface area contributed by atoms with Crippen LogP contribution in [0.25, 0.3) is 0 Å². The summed E-state index contributed by atoms with van der Waals surface area (Å²) in [5.41, 5.74) is 1.26. The molecule has 0 atom stereocenters. The quantitative estimate of drug-likeness (QED) is 0.668. The van der Waals surface area contributed by atoms with Gasteiger partial charge in [0, 0.05) is 0 Å². The van der Waals surface area contributed by atoms with Crippen molar-refractivity contribution in [3.05, 3.63) is 23.0 Å². The Morgan fingerprint density at radius 1 is 1.33 bits per heavy atom. The van der Waals surface area contributed by atoms with Crippen LogP contribution in [-0.4, -0.2) is 10.2 Å². The minimum absolute atomic E-state index is 0.513. The Kier molecular flexibility index (Phi) is 2.26. The number of halogens is 1. The first kappa shape index (κ1) is 7.99. The monoisotopic (exact) mass is 182 g/mol. The topological polar surface area (TPSA) is 25.8 Å². The molecule has 1 aliphatic carbocycles. The van der Waals surface area contributed by atoms with Crippen LogP contribution in [0.5, 0.6) is 0 Å². The molecule has 2 nitrogen and oxygen atoms in total. The molecular weight excluding hydrogens is 172 g/mol. The average Bonchev–Trinajstić information content (AvgIpc) is 2.56. The summed E-state index contributed by atoms with van der Waals surface area (Å²) in [6.07, 6.45) is 7.07. The van der Waals surface area contributed by atoms with E-state index in [0.29, 0.717) is 11.1 Å². The van der Waals surface area contributed by atoms with Crippen molar-refractivity contribution in [3.8, 4) is 0 Å². The maximum absolute atomic E-state index is 5.75. The highest BCUT2D eigenvalue weighted by molar-refractivity contribution is 6.29. The van der Waals surface area contributed by atoms with E-state index in [0.717, 1.165) is 0 Å². The lowest BCUT2D eigenvalue weighted by Crippen LogP contribution is -1.94. The second-order valence-electron chi connectivity index (χ2n) is 3.29. The van der Waals surface area contributed by atoms with E-state index in [-0.39, 0.29) is 0 Å². The predicted octanol–water partition coefficient (Wildman–Crippen LogP) is 2.79. The molecule has 12 heavy (non-hydrogen) atoms. The molecule has 1 aliphatic rings. The van der Waals surface area contributed by atoms with Gasteiger partial charge in [0.15, 0.2) is 5.15 Å². The summed E-state index contributed by atoms with van der Waals surface area (Å²) in [4.78, 5) is 0. The molecule has 0 saturated heterocycles. The van der Waals surface area contributed by atoms with Gasteiger partial charge in [-0.05, 0) is 30.4 Å². The Morgan fingerprint density at radius 2 is 2.08 bits per heavy atom. The highest BCUT2D eigenvalue weighted by Gasteiger charge is 2.17. The minimum atomic E-state index is 0.513. The first-order valence-corrected chi connectivity index (χ1v) is 4.72. The molecule has 1 fully saturated rings. The molecule has 2 rings (SSSR count). The van der Waals surface area contributed by atoms with Crippen LogP contribution in [0.1, 0.15) is 37.2 Å². The molecule has 0 amide bonds. The molecule has 0 aliphatic heterocycles. The number of hydrogen-bond donors (Lipinski definition) is 0. The minimum Gasteiger partial charge on any atom is -0.157 e. The van der Waals surface area contributed by atoms with Gasteiger partial charge in [-0.15, -0.1) is 5.10 Å². The lowest BCUT2D eigenvalue weighted by atomic mass is 10.0. The van der Waals surface area contributed by atoms with Gasteiger partial charge in [-0.1, -0.05) is 24.4 Å². The summed E-state index contributed by atoms with van der Waals surface area (Å²) in [6, 6.07) is 1.94. The SMILES string of the molecule is Clc1cc(C2CCCC2)cnn1. The third-order valence-electron chi connectivity index (χ3n) is 2.47. The summed E-state index contributed by atoms with van der Waals surface area (Å²) >= 11 is 5.75. The van der Waals surface area contributed by atoms with Gasteiger partial charge in [0.05, 0.1) is 6.20 Å². The van der Waals surface area contributed by atoms with E-state index < -0.39 is 0 Å². The van der Waals surface area contributed by atoms with E-state index in [4.69, 9.17) is 11.6 Å². The van der Waals surface area contributed by atoms with E-state index in [1.807, 2.05) is 12.3 Å². The second kappa shape index (κ2) is 3.40. The molecule has 1 saturated carbocycles. The van der Waals surface area contributed by atoms with Crippen molar-refractivity contribution in [3.63, 3.8) is 0 Å². The van der Waals surface area contributed by atoms with Crippen LogP contribution < -0.4 is 0 Å². The number of nitrogens with zero attached hydrogens (tertiary/aromatic N) is 2. The van der Waals surface area contributed by atoms with E-state index in [2.05, 4.69) is 10.2 Å². The highest BCUT2D eigenvalue weighted by atomic mass is 35.5. The first-order valence-electron chi connectivity index (χ1n) is 4.34. The summed E-state index contributed by atoms with van der Waals surface area (Å²) in [5.74, 6) is 0.679. The van der Waals surface area contributed by atoms with Gasteiger partial charge in [-0.3, -0.25) is 0 Å². The molecule has 0 bridgehead atoms. The number of aromatic nitrogens is 2. The van der Waals surface area contributed by atoms with Gasteiger partial charge >= 0.3 is 0 Å². The zero-order chi connectivity index (χ0) is 8.39. The van der Waals surface area contributed by atoms with Crippen LogP contribution in [-0.2, 0) is 0 Å². The lowest BCUT2D eigenvalue weighted by molar-refractivity contribution is 0.714. The molecule has 0 aromatic carbocycles. The van der Waals surface area contributed by atoms with Crippen LogP contribution >= 0.6 is 11.6 Å². The fourth-order valence-corrected chi connectivity index (χ4v) is 2.01. The maximum Gasteiger partial charge on any atom is 0.151 e. The van der Waals surface area contributed by atoms with E-state index >= 15 is 0 Å². The Hall–Kier alpha value is -0.630. The first-order chi connectivity index (χ1) is 5.86. The smallest absolute Gasteiger partial charge is 0.151 e. The van der Waals surface area contributed by atoms with Crippen molar-refractivity contribution in [2.45, 2.75) is 31.6 Å². The molecule has 1 aromatic heterocycles. The maximum atomic E-state index is 5.75. The Balaban J connectivity index is 2.21. The highest BCUT2D eigenvalue weighted by Crippen LogP contribution is 2.33. The molecule has 0 N–H and O–H groups in total. The second-order valence-corrected chi connectivity index (χ2v) is 3.68. The van der Waals surface area contributed by atoms with Crippen molar-refractivity contribution in [2.75, 3.05) is 0 Å². The molecule has 0 unspecified atom stereocenters. The molecule has 3 heteroatoms. The van der Waals surface area contributed by atoms with Gasteiger partial charge in [0.25, 0.3) is 0 Å². The number of rotatable bonds is 1. The van der Waals surface area contributed by atoms with Crippen LogP contribution in [0, 0.1) is 0 Å². The van der Waals surface area contributed by atoms with E-state index in [1.54, 1.807) is 0 Å². The van der Waals surface area contributed by atoms with Crippen molar-refractivity contribution in [2.24, 2.45) is 0 Å². The molecular formula is C9H11ClN2. The number of hydrogen-bond acceptors (Lipinski definition) is 2. The third-order valence-corrected chi connectivity index (χ3v) is 2.66. The molecule has 0 spiro atoms. The summed E-state index contributed by atoms with van der Waals surface area (Å²) in [5, 5.41) is 8.09. The summed E-state index contributed by atoms with van der Waals surface area (Å²) < 4.78 is 0. The Morgan fingerprint density at radius 3 is 2.75 bits per heavy atom. The Labute approximate surface area is 77.0 Å². The van der Waals surface area contributed by atoms with Crippen molar-refractivity contribution < 1.29 is 0 Å². The third kappa shape index (κ3) is 1.58. The van der Waals surface area contributed by atoms with Gasteiger partial charge < -0.3 is 0 Å². The van der Waals surface area contributed by atoms with Gasteiger partial charge in [-0.25, -0.2) is 0 Å². The largest absolute Gasteiger partial charge is 0.157 e. The predicted molar refractivity (Wildman–Crippen MR) is 48.3 cm³/mol. The average molecular weight is 183 g/mol. The summed E-state index contributed by atoms with van der Waals surface area (Å²) in [6.45, 7) is 0. The zero-order valence-electron chi connectivity index (χ0n) is 6.83. The van der Waals surface area contributed by atoms with E-state index in [9.17, 15) is 0 Å². The van der Waals surface area contributed by atoms with Crippen LogP contribution in [0.2, 0.25) is 5.15 Å². The molecule has 0 radical (unpaired) electrons. The van der Waals surface area contributed by atoms with Gasteiger partial charge in [0.2, 0.25) is 0 Å². The van der Waals surface area contributed by atoms with Crippen molar-refractivity contribution >= 4 is 11.6 Å². The molecule has 1 aromatic rings. The van der Waals surface area contributed by atoms with E-state index in [1.165, 1.54) is 31.2 Å². The summed E-state index contributed by atoms with van der Waals surface area (Å²) in [7, 11) is 0. The van der Waals surface area contributed by atoms with Crippen LogP contribution in [0.15, 0.2) is 12.3 Å². The van der Waals surface area contributed by atoms with Crippen molar-refractivity contribution in [1.82, 2.24) is 10.2 Å². The zero-order valence-corrected chi connectivity index (χ0v) is 7.59. The molecule has 1 heterocycles. The van der Waals surface area contributed by atoms with Gasteiger partial charge in [-0.2, -0.15) is 5.10 Å². The fourth-order valence-electron chi connectivity index (χ4n) is 1.84. The van der Waals surface area contributed by atoms with Crippen LogP contribution in [0.4, 0.5) is 0 Å². The molecule has 64 valence electrons.